The Balaban J connectivity index is 2.52. The fourth-order valence-electron chi connectivity index (χ4n) is 1.36. The van der Waals surface area contributed by atoms with Crippen LogP contribution in [0.15, 0.2) is 24.3 Å². The Bertz CT molecular complexity index is 301. The Morgan fingerprint density at radius 1 is 1.36 bits per heavy atom. The van der Waals surface area contributed by atoms with Gasteiger partial charge in [-0.3, -0.25) is 4.79 Å². The van der Waals surface area contributed by atoms with Crippen molar-refractivity contribution < 1.29 is 4.79 Å². The maximum atomic E-state index is 11.4. The molecule has 0 amide bonds. The van der Waals surface area contributed by atoms with Crippen LogP contribution >= 0.6 is 0 Å². The Morgan fingerprint density at radius 2 is 1.93 bits per heavy atom. The second-order valence-electron chi connectivity index (χ2n) is 3.88. The summed E-state index contributed by atoms with van der Waals surface area (Å²) in [6, 6.07) is 8.00. The zero-order valence-electron chi connectivity index (χ0n) is 8.79. The lowest BCUT2D eigenvalue weighted by Crippen LogP contribution is -2.20. The second-order valence-corrected chi connectivity index (χ2v) is 3.88. The van der Waals surface area contributed by atoms with Crippen molar-refractivity contribution in [1.29, 1.82) is 0 Å². The topological polar surface area (TPSA) is 43.1 Å². The first-order valence-corrected chi connectivity index (χ1v) is 4.91. The molecule has 1 aromatic carbocycles. The molecule has 0 fully saturated rings. The van der Waals surface area contributed by atoms with Crippen LogP contribution in [0.4, 0.5) is 0 Å². The van der Waals surface area contributed by atoms with Gasteiger partial charge < -0.3 is 5.73 Å². The third-order valence-electron chi connectivity index (χ3n) is 2.07. The van der Waals surface area contributed by atoms with Crippen LogP contribution in [0.1, 0.15) is 24.5 Å². The number of carbonyl (C=O) groups excluding carboxylic acids is 1. The second kappa shape index (κ2) is 4.91. The van der Waals surface area contributed by atoms with Gasteiger partial charge in [-0.2, -0.15) is 0 Å². The first-order valence-electron chi connectivity index (χ1n) is 4.91. The minimum Gasteiger partial charge on any atom is -0.328 e. The van der Waals surface area contributed by atoms with E-state index >= 15 is 0 Å². The van der Waals surface area contributed by atoms with Crippen LogP contribution in [-0.4, -0.2) is 11.8 Å². The quantitative estimate of drug-likeness (QED) is 0.789. The zero-order chi connectivity index (χ0) is 10.6. The molecule has 2 nitrogen and oxygen atoms in total. The smallest absolute Gasteiger partial charge is 0.138 e. The van der Waals surface area contributed by atoms with Crippen molar-refractivity contribution in [2.45, 2.75) is 32.7 Å². The van der Waals surface area contributed by atoms with Crippen molar-refractivity contribution >= 4 is 5.78 Å². The molecule has 1 aromatic rings. The van der Waals surface area contributed by atoms with Gasteiger partial charge in [0.1, 0.15) is 5.78 Å². The molecule has 0 heterocycles. The van der Waals surface area contributed by atoms with E-state index in [-0.39, 0.29) is 11.8 Å². The van der Waals surface area contributed by atoms with E-state index in [9.17, 15) is 4.79 Å². The van der Waals surface area contributed by atoms with Gasteiger partial charge in [-0.1, -0.05) is 29.8 Å². The summed E-state index contributed by atoms with van der Waals surface area (Å²) in [6.45, 7) is 3.89. The van der Waals surface area contributed by atoms with Gasteiger partial charge in [0.05, 0.1) is 0 Å². The van der Waals surface area contributed by atoms with Gasteiger partial charge in [0.25, 0.3) is 0 Å². The molecule has 76 valence electrons. The summed E-state index contributed by atoms with van der Waals surface area (Å²) in [6.07, 6.45) is 0.968. The molecule has 1 unspecified atom stereocenters. The molecule has 0 radical (unpaired) electrons. The van der Waals surface area contributed by atoms with Crippen molar-refractivity contribution in [1.82, 2.24) is 0 Å². The van der Waals surface area contributed by atoms with E-state index in [1.165, 1.54) is 5.56 Å². The van der Waals surface area contributed by atoms with Gasteiger partial charge in [-0.05, 0) is 19.4 Å². The van der Waals surface area contributed by atoms with E-state index in [1.807, 2.05) is 38.1 Å². The molecule has 0 aliphatic carbocycles. The van der Waals surface area contributed by atoms with Crippen LogP contribution in [0, 0.1) is 6.92 Å². The number of ketones is 1. The fraction of sp³-hybridized carbons (Fsp3) is 0.417. The predicted molar refractivity (Wildman–Crippen MR) is 58.2 cm³/mol. The van der Waals surface area contributed by atoms with Crippen molar-refractivity contribution in [3.63, 3.8) is 0 Å². The Labute approximate surface area is 85.1 Å². The average molecular weight is 191 g/mol. The standard InChI is InChI=1S/C12H17NO/c1-9-3-5-11(6-4-9)8-12(14)7-10(2)13/h3-6,10H,7-8,13H2,1-2H3. The average Bonchev–Trinajstić information content (AvgIpc) is 2.07. The Kier molecular flexibility index (Phi) is 3.84. The highest BCUT2D eigenvalue weighted by Gasteiger charge is 2.05. The van der Waals surface area contributed by atoms with Crippen molar-refractivity contribution in [3.05, 3.63) is 35.4 Å². The Morgan fingerprint density at radius 3 is 2.43 bits per heavy atom. The molecule has 1 rings (SSSR count). The van der Waals surface area contributed by atoms with E-state index in [1.54, 1.807) is 0 Å². The summed E-state index contributed by atoms with van der Waals surface area (Å²) in [4.78, 5) is 11.4. The van der Waals surface area contributed by atoms with Gasteiger partial charge in [0.2, 0.25) is 0 Å². The van der Waals surface area contributed by atoms with E-state index in [0.717, 1.165) is 5.56 Å². The number of Topliss-reactive ketones (excluding diaryl/α,β-unsaturated/α-hetero) is 1. The number of aryl methyl sites for hydroxylation is 1. The lowest BCUT2D eigenvalue weighted by molar-refractivity contribution is -0.118. The summed E-state index contributed by atoms with van der Waals surface area (Å²) in [5, 5.41) is 0. The molecule has 0 bridgehead atoms. The van der Waals surface area contributed by atoms with Gasteiger partial charge in [-0.25, -0.2) is 0 Å². The molecule has 14 heavy (non-hydrogen) atoms. The molecule has 2 N–H and O–H groups in total. The molecule has 0 spiro atoms. The molecule has 1 atom stereocenters. The van der Waals surface area contributed by atoms with Crippen LogP contribution in [0.25, 0.3) is 0 Å². The number of hydrogen-bond donors (Lipinski definition) is 1. The first-order chi connectivity index (χ1) is 6.58. The van der Waals surface area contributed by atoms with Crippen LogP contribution in [0.3, 0.4) is 0 Å². The normalized spacial score (nSPS) is 12.5. The highest BCUT2D eigenvalue weighted by Crippen LogP contribution is 2.05. The highest BCUT2D eigenvalue weighted by atomic mass is 16.1. The molecule has 0 aromatic heterocycles. The fourth-order valence-corrected chi connectivity index (χ4v) is 1.36. The molecule has 0 aliphatic heterocycles. The number of rotatable bonds is 4. The number of carbonyl (C=O) groups is 1. The monoisotopic (exact) mass is 191 g/mol. The number of nitrogens with two attached hydrogens (primary N) is 1. The van der Waals surface area contributed by atoms with E-state index in [4.69, 9.17) is 5.73 Å². The summed E-state index contributed by atoms with van der Waals surface area (Å²) >= 11 is 0. The van der Waals surface area contributed by atoms with Crippen LogP contribution in [-0.2, 0) is 11.2 Å². The van der Waals surface area contributed by atoms with Gasteiger partial charge >= 0.3 is 0 Å². The Hall–Kier alpha value is -1.15. The molecule has 0 aliphatic rings. The van der Waals surface area contributed by atoms with Crippen molar-refractivity contribution in [2.75, 3.05) is 0 Å². The maximum Gasteiger partial charge on any atom is 0.138 e. The summed E-state index contributed by atoms with van der Waals surface area (Å²) in [5.74, 6) is 0.212. The lowest BCUT2D eigenvalue weighted by atomic mass is 10.0. The van der Waals surface area contributed by atoms with E-state index in [0.29, 0.717) is 12.8 Å². The molecular formula is C12H17NO. The van der Waals surface area contributed by atoms with Crippen molar-refractivity contribution in [2.24, 2.45) is 5.73 Å². The molecule has 2 heteroatoms. The zero-order valence-corrected chi connectivity index (χ0v) is 8.79. The number of hydrogen-bond acceptors (Lipinski definition) is 2. The van der Waals surface area contributed by atoms with Crippen LogP contribution in [0.2, 0.25) is 0 Å². The highest BCUT2D eigenvalue weighted by molar-refractivity contribution is 5.81. The van der Waals surface area contributed by atoms with E-state index in [2.05, 4.69) is 0 Å². The van der Waals surface area contributed by atoms with Gasteiger partial charge in [0.15, 0.2) is 0 Å². The largest absolute Gasteiger partial charge is 0.328 e. The van der Waals surface area contributed by atoms with E-state index < -0.39 is 0 Å². The number of benzene rings is 1. The SMILES string of the molecule is Cc1ccc(CC(=O)CC(C)N)cc1. The minimum atomic E-state index is -0.0343. The molecule has 0 saturated carbocycles. The summed E-state index contributed by atoms with van der Waals surface area (Å²) in [7, 11) is 0. The minimum absolute atomic E-state index is 0.0343. The molecular weight excluding hydrogens is 174 g/mol. The van der Waals surface area contributed by atoms with Gasteiger partial charge in [0, 0.05) is 18.9 Å². The summed E-state index contributed by atoms with van der Waals surface area (Å²) in [5.41, 5.74) is 7.84. The van der Waals surface area contributed by atoms with Gasteiger partial charge in [-0.15, -0.1) is 0 Å². The third kappa shape index (κ3) is 3.71. The predicted octanol–water partition coefficient (Wildman–Crippen LogP) is 1.84. The summed E-state index contributed by atoms with van der Waals surface area (Å²) < 4.78 is 0. The molecule has 0 saturated heterocycles. The van der Waals surface area contributed by atoms with Crippen LogP contribution in [0.5, 0.6) is 0 Å². The maximum absolute atomic E-state index is 11.4. The first kappa shape index (κ1) is 10.9. The third-order valence-corrected chi connectivity index (χ3v) is 2.07. The van der Waals surface area contributed by atoms with Crippen molar-refractivity contribution in [3.8, 4) is 0 Å². The lowest BCUT2D eigenvalue weighted by Gasteiger charge is -2.04. The van der Waals surface area contributed by atoms with Crippen LogP contribution < -0.4 is 5.73 Å².